The van der Waals surface area contributed by atoms with Crippen LogP contribution in [-0.2, 0) is 11.3 Å². The quantitative estimate of drug-likeness (QED) is 0.627. The van der Waals surface area contributed by atoms with Gasteiger partial charge in [-0.3, -0.25) is 4.79 Å². The summed E-state index contributed by atoms with van der Waals surface area (Å²) < 4.78 is 40.0. The number of para-hydroxylation sites is 1. The fraction of sp³-hybridized carbons (Fsp3) is 0.300. The van der Waals surface area contributed by atoms with Crippen LogP contribution in [0.1, 0.15) is 24.0 Å². The maximum Gasteiger partial charge on any atom is 0.387 e. The van der Waals surface area contributed by atoms with Crippen molar-refractivity contribution in [2.45, 2.75) is 26.0 Å². The van der Waals surface area contributed by atoms with Crippen LogP contribution in [0.5, 0.6) is 17.2 Å². The molecule has 8 heteroatoms. The van der Waals surface area contributed by atoms with Crippen LogP contribution >= 0.6 is 0 Å². The number of hydrogen-bond donors (Lipinski definition) is 1. The van der Waals surface area contributed by atoms with Crippen molar-refractivity contribution >= 4 is 5.91 Å². The summed E-state index contributed by atoms with van der Waals surface area (Å²) in [4.78, 5) is 12.0. The molecule has 2 aromatic rings. The van der Waals surface area contributed by atoms with E-state index in [-0.39, 0.29) is 31.2 Å². The highest BCUT2D eigenvalue weighted by atomic mass is 19.3. The zero-order chi connectivity index (χ0) is 20.4. The van der Waals surface area contributed by atoms with Crippen molar-refractivity contribution < 1.29 is 27.8 Å². The van der Waals surface area contributed by atoms with E-state index in [2.05, 4.69) is 10.1 Å². The summed E-state index contributed by atoms with van der Waals surface area (Å²) in [5, 5.41) is 11.5. The third kappa shape index (κ3) is 6.43. The summed E-state index contributed by atoms with van der Waals surface area (Å²) >= 11 is 0. The largest absolute Gasteiger partial charge is 0.493 e. The fourth-order valence-corrected chi connectivity index (χ4v) is 2.41. The van der Waals surface area contributed by atoms with Gasteiger partial charge >= 0.3 is 6.61 Å². The molecule has 0 aliphatic heterocycles. The van der Waals surface area contributed by atoms with E-state index in [1.807, 2.05) is 6.07 Å². The summed E-state index contributed by atoms with van der Waals surface area (Å²) in [5.74, 6) is 0.732. The van der Waals surface area contributed by atoms with Crippen molar-refractivity contribution in [2.24, 2.45) is 0 Å². The van der Waals surface area contributed by atoms with Gasteiger partial charge in [0.1, 0.15) is 5.75 Å². The number of nitrogens with zero attached hydrogens (tertiary/aromatic N) is 1. The van der Waals surface area contributed by atoms with E-state index >= 15 is 0 Å². The molecule has 1 amide bonds. The molecule has 0 fully saturated rings. The molecule has 0 aliphatic rings. The van der Waals surface area contributed by atoms with Crippen molar-refractivity contribution in [3.8, 4) is 23.3 Å². The van der Waals surface area contributed by atoms with E-state index < -0.39 is 6.61 Å². The van der Waals surface area contributed by atoms with Crippen molar-refractivity contribution in [3.63, 3.8) is 0 Å². The Labute approximate surface area is 161 Å². The second-order valence-corrected chi connectivity index (χ2v) is 5.69. The minimum absolute atomic E-state index is 0.0362. The Morgan fingerprint density at radius 3 is 2.68 bits per heavy atom. The second-order valence-electron chi connectivity index (χ2n) is 5.69. The molecule has 28 heavy (non-hydrogen) atoms. The number of hydrogen-bond acceptors (Lipinski definition) is 5. The van der Waals surface area contributed by atoms with Gasteiger partial charge in [-0.25, -0.2) is 0 Å². The Morgan fingerprint density at radius 2 is 1.96 bits per heavy atom. The van der Waals surface area contributed by atoms with Crippen LogP contribution in [0, 0.1) is 11.3 Å². The number of nitrogens with one attached hydrogen (secondary N) is 1. The molecule has 0 spiro atoms. The molecule has 0 saturated carbocycles. The van der Waals surface area contributed by atoms with Crippen LogP contribution in [-0.4, -0.2) is 26.2 Å². The van der Waals surface area contributed by atoms with E-state index in [1.165, 1.54) is 13.2 Å². The average Bonchev–Trinajstić information content (AvgIpc) is 2.70. The highest BCUT2D eigenvalue weighted by molar-refractivity contribution is 5.75. The summed E-state index contributed by atoms with van der Waals surface area (Å²) in [6, 6.07) is 13.1. The van der Waals surface area contributed by atoms with Gasteiger partial charge in [0, 0.05) is 24.6 Å². The molecule has 0 unspecified atom stereocenters. The first kappa shape index (κ1) is 21.0. The Morgan fingerprint density at radius 1 is 1.18 bits per heavy atom. The smallest absolute Gasteiger partial charge is 0.387 e. The van der Waals surface area contributed by atoms with E-state index in [1.54, 1.807) is 36.4 Å². The standard InChI is InChI=1S/C20H20F2N2O4/c1-26-18-11-14(12-23)8-9-17(18)27-10-4-7-19(25)24-13-15-5-2-3-6-16(15)28-20(21)22/h2-3,5-6,8-9,11,20H,4,7,10,13H2,1H3,(H,24,25). The van der Waals surface area contributed by atoms with Crippen molar-refractivity contribution in [3.05, 3.63) is 53.6 Å². The normalized spacial score (nSPS) is 10.2. The molecule has 2 rings (SSSR count). The molecule has 0 radical (unpaired) electrons. The zero-order valence-electron chi connectivity index (χ0n) is 15.3. The van der Waals surface area contributed by atoms with E-state index in [4.69, 9.17) is 14.7 Å². The highest BCUT2D eigenvalue weighted by Gasteiger charge is 2.10. The monoisotopic (exact) mass is 390 g/mol. The Kier molecular flexibility index (Phi) is 8.03. The molecule has 0 bridgehead atoms. The number of amides is 1. The average molecular weight is 390 g/mol. The molecule has 2 aromatic carbocycles. The lowest BCUT2D eigenvalue weighted by molar-refractivity contribution is -0.121. The number of halogens is 2. The van der Waals surface area contributed by atoms with Crippen LogP contribution in [0.25, 0.3) is 0 Å². The van der Waals surface area contributed by atoms with Crippen LogP contribution < -0.4 is 19.5 Å². The van der Waals surface area contributed by atoms with Crippen molar-refractivity contribution in [1.82, 2.24) is 5.32 Å². The first-order valence-electron chi connectivity index (χ1n) is 8.54. The highest BCUT2D eigenvalue weighted by Crippen LogP contribution is 2.28. The summed E-state index contributed by atoms with van der Waals surface area (Å²) in [6.07, 6.45) is 0.653. The number of nitriles is 1. The number of benzene rings is 2. The van der Waals surface area contributed by atoms with Crippen LogP contribution in [0.2, 0.25) is 0 Å². The van der Waals surface area contributed by atoms with E-state index in [0.717, 1.165) is 0 Å². The summed E-state index contributed by atoms with van der Waals surface area (Å²) in [5.41, 5.74) is 0.925. The number of carbonyl (C=O) groups is 1. The Hall–Kier alpha value is -3.34. The minimum Gasteiger partial charge on any atom is -0.493 e. The van der Waals surface area contributed by atoms with Gasteiger partial charge in [0.25, 0.3) is 0 Å². The Bertz CT molecular complexity index is 837. The minimum atomic E-state index is -2.92. The molecule has 0 atom stereocenters. The SMILES string of the molecule is COc1cc(C#N)ccc1OCCCC(=O)NCc1ccccc1OC(F)F. The van der Waals surface area contributed by atoms with Gasteiger partial charge in [0.15, 0.2) is 11.5 Å². The van der Waals surface area contributed by atoms with Gasteiger partial charge in [-0.2, -0.15) is 14.0 Å². The molecular formula is C20H20F2N2O4. The number of methoxy groups -OCH3 is 1. The maximum absolute atomic E-state index is 12.4. The molecule has 0 aromatic heterocycles. The molecule has 0 heterocycles. The molecule has 0 aliphatic carbocycles. The van der Waals surface area contributed by atoms with Crippen LogP contribution in [0.4, 0.5) is 8.78 Å². The second kappa shape index (κ2) is 10.7. The van der Waals surface area contributed by atoms with Gasteiger partial charge < -0.3 is 19.5 Å². The summed E-state index contributed by atoms with van der Waals surface area (Å²) in [6.45, 7) is -2.56. The molecule has 148 valence electrons. The number of alkyl halides is 2. The first-order valence-corrected chi connectivity index (χ1v) is 8.54. The molecule has 6 nitrogen and oxygen atoms in total. The van der Waals surface area contributed by atoms with Crippen molar-refractivity contribution in [2.75, 3.05) is 13.7 Å². The van der Waals surface area contributed by atoms with Gasteiger partial charge in [-0.05, 0) is 24.6 Å². The molecule has 1 N–H and O–H groups in total. The van der Waals surface area contributed by atoms with Crippen molar-refractivity contribution in [1.29, 1.82) is 5.26 Å². The maximum atomic E-state index is 12.4. The zero-order valence-corrected chi connectivity index (χ0v) is 15.3. The topological polar surface area (TPSA) is 80.6 Å². The fourth-order valence-electron chi connectivity index (χ4n) is 2.41. The lowest BCUT2D eigenvalue weighted by Gasteiger charge is -2.12. The van der Waals surface area contributed by atoms with Gasteiger partial charge in [0.05, 0.1) is 25.3 Å². The summed E-state index contributed by atoms with van der Waals surface area (Å²) in [7, 11) is 1.48. The molecular weight excluding hydrogens is 370 g/mol. The third-order valence-corrected chi connectivity index (χ3v) is 3.76. The lowest BCUT2D eigenvalue weighted by atomic mass is 10.2. The number of carbonyl (C=O) groups excluding carboxylic acids is 1. The third-order valence-electron chi connectivity index (χ3n) is 3.76. The number of rotatable bonds is 10. The van der Waals surface area contributed by atoms with Gasteiger partial charge in [-0.15, -0.1) is 0 Å². The predicted molar refractivity (Wildman–Crippen MR) is 97.4 cm³/mol. The van der Waals surface area contributed by atoms with Gasteiger partial charge in [0.2, 0.25) is 5.91 Å². The molecule has 0 saturated heterocycles. The van der Waals surface area contributed by atoms with E-state index in [9.17, 15) is 13.6 Å². The predicted octanol–water partition coefficient (Wildman–Crippen LogP) is 3.64. The van der Waals surface area contributed by atoms with Gasteiger partial charge in [-0.1, -0.05) is 18.2 Å². The lowest BCUT2D eigenvalue weighted by Crippen LogP contribution is -2.23. The van der Waals surface area contributed by atoms with Crippen LogP contribution in [0.15, 0.2) is 42.5 Å². The van der Waals surface area contributed by atoms with Crippen LogP contribution in [0.3, 0.4) is 0 Å². The Balaban J connectivity index is 1.76. The van der Waals surface area contributed by atoms with E-state index in [0.29, 0.717) is 29.0 Å². The number of ether oxygens (including phenoxy) is 3. The first-order chi connectivity index (χ1) is 13.5.